The van der Waals surface area contributed by atoms with Gasteiger partial charge in [0.25, 0.3) is 5.91 Å². The second-order valence-electron chi connectivity index (χ2n) is 9.67. The van der Waals surface area contributed by atoms with Gasteiger partial charge in [0, 0.05) is 29.6 Å². The van der Waals surface area contributed by atoms with Gasteiger partial charge in [0.05, 0.1) is 0 Å². The molecule has 1 atom stereocenters. The number of alkyl halides is 3. The maximum atomic E-state index is 13.4. The van der Waals surface area contributed by atoms with E-state index in [-0.39, 0.29) is 29.0 Å². The summed E-state index contributed by atoms with van der Waals surface area (Å²) in [6.45, 7) is 1.28. The van der Waals surface area contributed by atoms with Gasteiger partial charge >= 0.3 is 6.18 Å². The Hall–Kier alpha value is -2.38. The van der Waals surface area contributed by atoms with Crippen LogP contribution in [0.2, 0.25) is 0 Å². The van der Waals surface area contributed by atoms with Gasteiger partial charge in [0.2, 0.25) is 0 Å². The lowest BCUT2D eigenvalue weighted by Gasteiger charge is -2.44. The molecular weight excluding hydrogens is 429 g/mol. The van der Waals surface area contributed by atoms with Gasteiger partial charge in [0.1, 0.15) is 0 Å². The monoisotopic (exact) mass is 460 g/mol. The van der Waals surface area contributed by atoms with Gasteiger partial charge in [-0.3, -0.25) is 4.79 Å². The van der Waals surface area contributed by atoms with E-state index in [0.717, 1.165) is 45.4 Å². The SMILES string of the molecule is C[C@](O)(c1ccc(C(=O)N(C2CC2)C2CCC(CN)(c3ccccc3)CC2)cc1)C(F)(F)F. The highest BCUT2D eigenvalue weighted by Crippen LogP contribution is 2.43. The van der Waals surface area contributed by atoms with Crippen molar-refractivity contribution in [1.29, 1.82) is 0 Å². The van der Waals surface area contributed by atoms with Gasteiger partial charge in [0.15, 0.2) is 5.60 Å². The maximum absolute atomic E-state index is 13.4. The van der Waals surface area contributed by atoms with Crippen LogP contribution in [-0.2, 0) is 11.0 Å². The summed E-state index contributed by atoms with van der Waals surface area (Å²) in [5.74, 6) is -0.152. The number of aliphatic hydroxyl groups is 1. The van der Waals surface area contributed by atoms with Crippen LogP contribution in [0, 0.1) is 0 Å². The average molecular weight is 461 g/mol. The third-order valence-corrected chi connectivity index (χ3v) is 7.50. The second kappa shape index (κ2) is 8.76. The molecule has 0 aliphatic heterocycles. The molecule has 2 aromatic rings. The Morgan fingerprint density at radius 2 is 1.55 bits per heavy atom. The molecule has 0 saturated heterocycles. The van der Waals surface area contributed by atoms with Crippen molar-refractivity contribution in [3.63, 3.8) is 0 Å². The number of hydrogen-bond donors (Lipinski definition) is 2. The highest BCUT2D eigenvalue weighted by molar-refractivity contribution is 5.95. The van der Waals surface area contributed by atoms with Crippen molar-refractivity contribution in [2.75, 3.05) is 6.54 Å². The number of carbonyl (C=O) groups excluding carboxylic acids is 1. The van der Waals surface area contributed by atoms with Crippen LogP contribution >= 0.6 is 0 Å². The molecule has 2 aromatic carbocycles. The predicted molar refractivity (Wildman–Crippen MR) is 121 cm³/mol. The Balaban J connectivity index is 1.50. The summed E-state index contributed by atoms with van der Waals surface area (Å²) in [4.78, 5) is 15.3. The molecule has 0 heterocycles. The molecule has 0 aromatic heterocycles. The van der Waals surface area contributed by atoms with Crippen LogP contribution in [0.4, 0.5) is 13.2 Å². The smallest absolute Gasteiger partial charge is 0.376 e. The molecule has 178 valence electrons. The summed E-state index contributed by atoms with van der Waals surface area (Å²) in [7, 11) is 0. The van der Waals surface area contributed by atoms with Crippen molar-refractivity contribution in [2.24, 2.45) is 5.73 Å². The molecule has 7 heteroatoms. The third-order valence-electron chi connectivity index (χ3n) is 7.50. The second-order valence-corrected chi connectivity index (χ2v) is 9.67. The first-order valence-electron chi connectivity index (χ1n) is 11.6. The van der Waals surface area contributed by atoms with Gasteiger partial charge in [-0.1, -0.05) is 42.5 Å². The summed E-state index contributed by atoms with van der Waals surface area (Å²) >= 11 is 0. The van der Waals surface area contributed by atoms with Gasteiger partial charge in [-0.2, -0.15) is 13.2 Å². The van der Waals surface area contributed by atoms with Crippen molar-refractivity contribution in [3.8, 4) is 0 Å². The maximum Gasteiger partial charge on any atom is 0.421 e. The van der Waals surface area contributed by atoms with E-state index >= 15 is 0 Å². The Bertz CT molecular complexity index is 961. The number of benzene rings is 2. The van der Waals surface area contributed by atoms with Crippen LogP contribution in [0.5, 0.6) is 0 Å². The highest BCUT2D eigenvalue weighted by Gasteiger charge is 2.51. The minimum Gasteiger partial charge on any atom is -0.376 e. The van der Waals surface area contributed by atoms with E-state index in [2.05, 4.69) is 12.1 Å². The first-order valence-corrected chi connectivity index (χ1v) is 11.6. The van der Waals surface area contributed by atoms with E-state index in [4.69, 9.17) is 5.73 Å². The summed E-state index contributed by atoms with van der Waals surface area (Å²) in [5.41, 5.74) is 4.48. The Kier molecular flexibility index (Phi) is 6.31. The predicted octanol–water partition coefficient (Wildman–Crippen LogP) is 4.90. The van der Waals surface area contributed by atoms with Crippen LogP contribution in [0.3, 0.4) is 0 Å². The quantitative estimate of drug-likeness (QED) is 0.644. The molecule has 2 saturated carbocycles. The molecular formula is C26H31F3N2O2. The fourth-order valence-corrected chi connectivity index (χ4v) is 5.07. The molecule has 2 aliphatic carbocycles. The molecule has 4 nitrogen and oxygen atoms in total. The molecule has 2 fully saturated rings. The number of rotatable bonds is 6. The lowest BCUT2D eigenvalue weighted by molar-refractivity contribution is -0.258. The van der Waals surface area contributed by atoms with Crippen molar-refractivity contribution in [3.05, 3.63) is 71.3 Å². The fourth-order valence-electron chi connectivity index (χ4n) is 5.07. The minimum atomic E-state index is -4.80. The largest absolute Gasteiger partial charge is 0.421 e. The van der Waals surface area contributed by atoms with E-state index in [1.165, 1.54) is 29.8 Å². The molecule has 33 heavy (non-hydrogen) atoms. The molecule has 0 unspecified atom stereocenters. The zero-order valence-electron chi connectivity index (χ0n) is 18.8. The standard InChI is InChI=1S/C26H31F3N2O2/c1-24(33,26(27,28)29)19-9-7-18(8-10-19)23(32)31(21-11-12-21)22-13-15-25(17-30,16-14-22)20-5-3-2-4-6-20/h2-10,21-22,33H,11-17,30H2,1H3/t22?,24-,25?/m0/s1. The van der Waals surface area contributed by atoms with Crippen molar-refractivity contribution < 1.29 is 23.1 Å². The van der Waals surface area contributed by atoms with Gasteiger partial charge in [-0.15, -0.1) is 0 Å². The number of amides is 1. The summed E-state index contributed by atoms with van der Waals surface area (Å²) in [5, 5.41) is 9.90. The van der Waals surface area contributed by atoms with E-state index in [9.17, 15) is 23.1 Å². The summed E-state index contributed by atoms with van der Waals surface area (Å²) < 4.78 is 39.4. The van der Waals surface area contributed by atoms with Crippen LogP contribution in [0.1, 0.15) is 66.9 Å². The molecule has 0 spiro atoms. The normalized spacial score (nSPS) is 25.3. The topological polar surface area (TPSA) is 66.6 Å². The van der Waals surface area contributed by atoms with Crippen LogP contribution < -0.4 is 5.73 Å². The van der Waals surface area contributed by atoms with E-state index in [1.54, 1.807) is 0 Å². The lowest BCUT2D eigenvalue weighted by Crippen LogP contribution is -2.48. The Labute approximate surface area is 192 Å². The van der Waals surface area contributed by atoms with Gasteiger partial charge in [-0.05, 0) is 68.7 Å². The zero-order chi connectivity index (χ0) is 23.9. The zero-order valence-corrected chi connectivity index (χ0v) is 18.8. The third kappa shape index (κ3) is 4.53. The molecule has 1 amide bonds. The molecule has 0 radical (unpaired) electrons. The van der Waals surface area contributed by atoms with Crippen LogP contribution in [0.15, 0.2) is 54.6 Å². The lowest BCUT2D eigenvalue weighted by atomic mass is 9.68. The van der Waals surface area contributed by atoms with Crippen molar-refractivity contribution in [1.82, 2.24) is 4.90 Å². The number of halogens is 3. The van der Waals surface area contributed by atoms with Crippen molar-refractivity contribution in [2.45, 2.75) is 74.7 Å². The van der Waals surface area contributed by atoms with Gasteiger partial charge in [-0.25, -0.2) is 0 Å². The molecule has 4 rings (SSSR count). The molecule has 0 bridgehead atoms. The number of hydrogen-bond acceptors (Lipinski definition) is 3. The van der Waals surface area contributed by atoms with Crippen LogP contribution in [-0.4, -0.2) is 40.7 Å². The average Bonchev–Trinajstić information content (AvgIpc) is 3.65. The molecule has 2 aliphatic rings. The summed E-state index contributed by atoms with van der Waals surface area (Å²) in [6.07, 6.45) is 0.567. The van der Waals surface area contributed by atoms with Crippen LogP contribution in [0.25, 0.3) is 0 Å². The number of nitrogens with zero attached hydrogens (tertiary/aromatic N) is 1. The Morgan fingerprint density at radius 1 is 1.00 bits per heavy atom. The molecule has 3 N–H and O–H groups in total. The number of carbonyl (C=O) groups is 1. The number of nitrogens with two attached hydrogens (primary N) is 1. The highest BCUT2D eigenvalue weighted by atomic mass is 19.4. The van der Waals surface area contributed by atoms with Crippen molar-refractivity contribution >= 4 is 5.91 Å². The van der Waals surface area contributed by atoms with Gasteiger partial charge < -0.3 is 15.7 Å². The Morgan fingerprint density at radius 3 is 2.03 bits per heavy atom. The van der Waals surface area contributed by atoms with E-state index in [0.29, 0.717) is 12.1 Å². The minimum absolute atomic E-state index is 0.0825. The van der Waals surface area contributed by atoms with E-state index < -0.39 is 11.8 Å². The fraction of sp³-hybridized carbons (Fsp3) is 0.500. The first kappa shape index (κ1) is 23.8. The first-order chi connectivity index (χ1) is 15.6. The van der Waals surface area contributed by atoms with E-state index in [1.807, 2.05) is 23.1 Å². The summed E-state index contributed by atoms with van der Waals surface area (Å²) in [6, 6.07) is 15.7.